The third-order valence-corrected chi connectivity index (χ3v) is 4.37. The highest BCUT2D eigenvalue weighted by molar-refractivity contribution is 14.0. The van der Waals surface area contributed by atoms with Crippen LogP contribution in [-0.4, -0.2) is 63.2 Å². The van der Waals surface area contributed by atoms with Crippen LogP contribution in [-0.2, 0) is 9.53 Å². The van der Waals surface area contributed by atoms with Crippen molar-refractivity contribution in [1.29, 1.82) is 0 Å². The molecule has 1 saturated carbocycles. The summed E-state index contributed by atoms with van der Waals surface area (Å²) in [6.45, 7) is 9.06. The average Bonchev–Trinajstić information content (AvgIpc) is 3.01. The topological polar surface area (TPSA) is 66.0 Å². The van der Waals surface area contributed by atoms with Crippen LogP contribution in [0.5, 0.6) is 0 Å². The van der Waals surface area contributed by atoms with Crippen LogP contribution < -0.4 is 10.6 Å². The Labute approximate surface area is 170 Å². The Balaban J connectivity index is 0.00000576. The van der Waals surface area contributed by atoms with Gasteiger partial charge in [0.15, 0.2) is 5.96 Å². The Morgan fingerprint density at radius 2 is 1.88 bits per heavy atom. The predicted molar refractivity (Wildman–Crippen MR) is 115 cm³/mol. The van der Waals surface area contributed by atoms with Crippen molar-refractivity contribution in [2.24, 2.45) is 10.4 Å². The standard InChI is InChI=1S/C18H36N4O2.HI/c1-6-19-17(20-12-9-13-24-15(2)3)21-14-18(10-7-8-11-18)16(23)22(4)5;/h15H,6-14H2,1-5H3,(H2,19,20,21);1H. The van der Waals surface area contributed by atoms with E-state index < -0.39 is 0 Å². The van der Waals surface area contributed by atoms with Crippen LogP contribution in [0.3, 0.4) is 0 Å². The summed E-state index contributed by atoms with van der Waals surface area (Å²) in [6.07, 6.45) is 5.32. The zero-order valence-corrected chi connectivity index (χ0v) is 18.9. The molecule has 6 nitrogen and oxygen atoms in total. The van der Waals surface area contributed by atoms with E-state index in [1.807, 2.05) is 27.9 Å². The van der Waals surface area contributed by atoms with E-state index in [1.54, 1.807) is 4.90 Å². The number of guanidine groups is 1. The number of hydrogen-bond acceptors (Lipinski definition) is 3. The second-order valence-corrected chi connectivity index (χ2v) is 7.08. The smallest absolute Gasteiger partial charge is 0.230 e. The molecule has 0 aromatic carbocycles. The molecule has 0 heterocycles. The lowest BCUT2D eigenvalue weighted by molar-refractivity contribution is -0.138. The molecule has 2 N–H and O–H groups in total. The number of nitrogens with zero attached hydrogens (tertiary/aromatic N) is 2. The Morgan fingerprint density at radius 1 is 1.24 bits per heavy atom. The van der Waals surface area contributed by atoms with E-state index in [4.69, 9.17) is 9.73 Å². The van der Waals surface area contributed by atoms with Gasteiger partial charge >= 0.3 is 0 Å². The van der Waals surface area contributed by atoms with Crippen molar-refractivity contribution in [2.75, 3.05) is 40.3 Å². The molecule has 0 saturated heterocycles. The first kappa shape index (κ1) is 24.4. The molecule has 1 amide bonds. The third kappa shape index (κ3) is 8.57. The number of amides is 1. The molecule has 1 aliphatic rings. The van der Waals surface area contributed by atoms with Gasteiger partial charge in [0.2, 0.25) is 5.91 Å². The van der Waals surface area contributed by atoms with E-state index >= 15 is 0 Å². The lowest BCUT2D eigenvalue weighted by Crippen LogP contribution is -2.43. The van der Waals surface area contributed by atoms with Crippen LogP contribution in [0.4, 0.5) is 0 Å². The molecule has 0 atom stereocenters. The van der Waals surface area contributed by atoms with Crippen molar-refractivity contribution < 1.29 is 9.53 Å². The van der Waals surface area contributed by atoms with Crippen LogP contribution in [0.2, 0.25) is 0 Å². The van der Waals surface area contributed by atoms with Gasteiger partial charge in [-0.2, -0.15) is 0 Å². The van der Waals surface area contributed by atoms with Gasteiger partial charge in [0.25, 0.3) is 0 Å². The zero-order chi connectivity index (χ0) is 18.0. The number of nitrogens with one attached hydrogen (secondary N) is 2. The summed E-state index contributed by atoms with van der Waals surface area (Å²) < 4.78 is 5.55. The number of ether oxygens (including phenoxy) is 1. The minimum atomic E-state index is -0.313. The number of halogens is 1. The molecule has 0 spiro atoms. The van der Waals surface area contributed by atoms with Crippen molar-refractivity contribution in [3.8, 4) is 0 Å². The molecular weight excluding hydrogens is 431 g/mol. The molecule has 0 aromatic heterocycles. The lowest BCUT2D eigenvalue weighted by Gasteiger charge is -2.29. The van der Waals surface area contributed by atoms with Crippen LogP contribution in [0.1, 0.15) is 52.9 Å². The first-order valence-corrected chi connectivity index (χ1v) is 9.27. The van der Waals surface area contributed by atoms with Crippen LogP contribution in [0.25, 0.3) is 0 Å². The molecule has 7 heteroatoms. The summed E-state index contributed by atoms with van der Waals surface area (Å²) in [5.74, 6) is 1.00. The van der Waals surface area contributed by atoms with Crippen molar-refractivity contribution in [2.45, 2.75) is 59.0 Å². The van der Waals surface area contributed by atoms with Crippen molar-refractivity contribution in [3.63, 3.8) is 0 Å². The summed E-state index contributed by atoms with van der Waals surface area (Å²) in [6, 6.07) is 0. The molecule has 0 bridgehead atoms. The van der Waals surface area contributed by atoms with Gasteiger partial charge in [0.1, 0.15) is 0 Å². The van der Waals surface area contributed by atoms with Crippen molar-refractivity contribution >= 4 is 35.8 Å². The molecule has 0 unspecified atom stereocenters. The number of rotatable bonds is 9. The summed E-state index contributed by atoms with van der Waals surface area (Å²) in [5.41, 5.74) is -0.313. The molecule has 0 aromatic rings. The molecule has 0 aliphatic heterocycles. The number of aliphatic imine (C=N–C) groups is 1. The maximum Gasteiger partial charge on any atom is 0.230 e. The van der Waals surface area contributed by atoms with Gasteiger partial charge in [-0.1, -0.05) is 12.8 Å². The Morgan fingerprint density at radius 3 is 2.40 bits per heavy atom. The Hall–Kier alpha value is -0.570. The van der Waals surface area contributed by atoms with Gasteiger partial charge in [0.05, 0.1) is 18.1 Å². The number of carbonyl (C=O) groups is 1. The highest BCUT2D eigenvalue weighted by Crippen LogP contribution is 2.39. The molecular formula is C18H37IN4O2. The first-order valence-electron chi connectivity index (χ1n) is 9.27. The highest BCUT2D eigenvalue weighted by Gasteiger charge is 2.41. The molecule has 1 fully saturated rings. The monoisotopic (exact) mass is 468 g/mol. The van der Waals surface area contributed by atoms with E-state index in [-0.39, 0.29) is 41.4 Å². The van der Waals surface area contributed by atoms with E-state index in [0.29, 0.717) is 6.54 Å². The quantitative estimate of drug-likeness (QED) is 0.236. The Kier molecular flexibility index (Phi) is 12.4. The van der Waals surface area contributed by atoms with Gasteiger partial charge < -0.3 is 20.3 Å². The minimum absolute atomic E-state index is 0. The van der Waals surface area contributed by atoms with Crippen LogP contribution >= 0.6 is 24.0 Å². The van der Waals surface area contributed by atoms with E-state index in [9.17, 15) is 4.79 Å². The average molecular weight is 468 g/mol. The molecule has 0 radical (unpaired) electrons. The summed E-state index contributed by atoms with van der Waals surface area (Å²) in [7, 11) is 3.68. The number of hydrogen-bond donors (Lipinski definition) is 2. The maximum atomic E-state index is 12.6. The fourth-order valence-corrected chi connectivity index (χ4v) is 3.14. The summed E-state index contributed by atoms with van der Waals surface area (Å²) >= 11 is 0. The third-order valence-electron chi connectivity index (χ3n) is 4.37. The van der Waals surface area contributed by atoms with Crippen LogP contribution in [0.15, 0.2) is 4.99 Å². The van der Waals surface area contributed by atoms with Gasteiger partial charge in [-0.3, -0.25) is 9.79 Å². The van der Waals surface area contributed by atoms with Gasteiger partial charge in [0, 0.05) is 33.8 Å². The van der Waals surface area contributed by atoms with E-state index in [1.165, 1.54) is 0 Å². The predicted octanol–water partition coefficient (Wildman–Crippen LogP) is 2.62. The normalized spacial score (nSPS) is 16.5. The van der Waals surface area contributed by atoms with Crippen molar-refractivity contribution in [3.05, 3.63) is 0 Å². The lowest BCUT2D eigenvalue weighted by atomic mass is 9.85. The fourth-order valence-electron chi connectivity index (χ4n) is 3.14. The second-order valence-electron chi connectivity index (χ2n) is 7.08. The molecule has 1 aliphatic carbocycles. The van der Waals surface area contributed by atoms with E-state index in [0.717, 1.165) is 57.8 Å². The SMILES string of the molecule is CCNC(=NCC1(C(=O)N(C)C)CCCC1)NCCCOC(C)C.I. The second kappa shape index (κ2) is 12.7. The van der Waals surface area contributed by atoms with Gasteiger partial charge in [-0.25, -0.2) is 0 Å². The highest BCUT2D eigenvalue weighted by atomic mass is 127. The largest absolute Gasteiger partial charge is 0.379 e. The fraction of sp³-hybridized carbons (Fsp3) is 0.889. The number of carbonyl (C=O) groups excluding carboxylic acids is 1. The zero-order valence-electron chi connectivity index (χ0n) is 16.6. The van der Waals surface area contributed by atoms with Crippen molar-refractivity contribution in [1.82, 2.24) is 15.5 Å². The molecule has 25 heavy (non-hydrogen) atoms. The molecule has 148 valence electrons. The first-order chi connectivity index (χ1) is 11.4. The van der Waals surface area contributed by atoms with Gasteiger partial charge in [-0.05, 0) is 40.0 Å². The van der Waals surface area contributed by atoms with Crippen LogP contribution in [0, 0.1) is 5.41 Å². The molecule has 1 rings (SSSR count). The van der Waals surface area contributed by atoms with Gasteiger partial charge in [-0.15, -0.1) is 24.0 Å². The maximum absolute atomic E-state index is 12.6. The van der Waals surface area contributed by atoms with E-state index in [2.05, 4.69) is 17.6 Å². The Bertz CT molecular complexity index is 408. The summed E-state index contributed by atoms with van der Waals surface area (Å²) in [5, 5.41) is 6.60. The summed E-state index contributed by atoms with van der Waals surface area (Å²) in [4.78, 5) is 19.0. The minimum Gasteiger partial charge on any atom is -0.379 e.